The van der Waals surface area contributed by atoms with Crippen molar-refractivity contribution in [1.82, 2.24) is 9.88 Å². The zero-order chi connectivity index (χ0) is 13.5. The van der Waals surface area contributed by atoms with Crippen LogP contribution in [0.15, 0.2) is 18.5 Å². The van der Waals surface area contributed by atoms with Crippen LogP contribution in [0.25, 0.3) is 0 Å². The average molecular weight is 265 g/mol. The minimum atomic E-state index is 0.589. The Labute approximate surface area is 115 Å². The lowest BCUT2D eigenvalue weighted by molar-refractivity contribution is 0.242. The summed E-state index contributed by atoms with van der Waals surface area (Å²) in [7, 11) is 0. The first-order valence-corrected chi connectivity index (χ1v) is 6.79. The lowest BCUT2D eigenvalue weighted by Gasteiger charge is -2.24. The maximum absolute atomic E-state index is 5.58. The second kappa shape index (κ2) is 7.44. The smallest absolute Gasteiger partial charge is 0.0740 e. The number of hydrogen-bond donors (Lipinski definition) is 1. The Morgan fingerprint density at radius 3 is 2.72 bits per heavy atom. The molecule has 0 saturated carbocycles. The second-order valence-corrected chi connectivity index (χ2v) is 5.74. The number of aryl methyl sites for hydroxylation is 1. The molecule has 18 heavy (non-hydrogen) atoms. The van der Waals surface area contributed by atoms with Gasteiger partial charge in [0.15, 0.2) is 0 Å². The normalized spacial score (nSPS) is 11.2. The number of aromatic nitrogens is 1. The van der Waals surface area contributed by atoms with Crippen molar-refractivity contribution in [1.29, 1.82) is 0 Å². The van der Waals surface area contributed by atoms with Gasteiger partial charge < -0.3 is 5.73 Å². The van der Waals surface area contributed by atoms with E-state index in [0.717, 1.165) is 26.1 Å². The third kappa shape index (κ3) is 6.07. The number of nitrogens with zero attached hydrogens (tertiary/aromatic N) is 2. The van der Waals surface area contributed by atoms with Gasteiger partial charge in [0, 0.05) is 38.4 Å². The van der Waals surface area contributed by atoms with Crippen molar-refractivity contribution in [2.45, 2.75) is 33.7 Å². The first kappa shape index (κ1) is 15.1. The van der Waals surface area contributed by atoms with Gasteiger partial charge in [0.1, 0.15) is 0 Å². The van der Waals surface area contributed by atoms with E-state index < -0.39 is 0 Å². The van der Waals surface area contributed by atoms with Crippen LogP contribution in [0.2, 0.25) is 0 Å². The Bertz CT molecular complexity index is 390. The Kier molecular flexibility index (Phi) is 6.22. The van der Waals surface area contributed by atoms with Crippen LogP contribution in [0.4, 0.5) is 0 Å². The van der Waals surface area contributed by atoms with Crippen molar-refractivity contribution < 1.29 is 0 Å². The third-order valence-electron chi connectivity index (χ3n) is 2.64. The standard InChI is InChI=1S/C14H23N3S/c1-11(2)9-17(5-4-14(15)18)10-13-6-12(3)7-16-8-13/h6-8,11H,4-5,9-10H2,1-3H3,(H2,15,18). The van der Waals surface area contributed by atoms with Crippen molar-refractivity contribution in [3.8, 4) is 0 Å². The van der Waals surface area contributed by atoms with E-state index in [1.807, 2.05) is 12.4 Å². The minimum absolute atomic E-state index is 0.589. The van der Waals surface area contributed by atoms with E-state index >= 15 is 0 Å². The molecule has 0 amide bonds. The van der Waals surface area contributed by atoms with Crippen LogP contribution in [0.3, 0.4) is 0 Å². The molecule has 0 radical (unpaired) electrons. The largest absolute Gasteiger partial charge is 0.393 e. The monoisotopic (exact) mass is 265 g/mol. The first-order valence-electron chi connectivity index (χ1n) is 6.38. The highest BCUT2D eigenvalue weighted by Crippen LogP contribution is 2.09. The molecule has 4 heteroatoms. The van der Waals surface area contributed by atoms with Crippen LogP contribution in [0, 0.1) is 12.8 Å². The van der Waals surface area contributed by atoms with E-state index in [1.165, 1.54) is 11.1 Å². The topological polar surface area (TPSA) is 42.2 Å². The highest BCUT2D eigenvalue weighted by atomic mass is 32.1. The molecule has 3 nitrogen and oxygen atoms in total. The number of thiocarbonyl (C=S) groups is 1. The molecule has 1 rings (SSSR count). The fourth-order valence-electron chi connectivity index (χ4n) is 1.98. The zero-order valence-electron chi connectivity index (χ0n) is 11.5. The summed E-state index contributed by atoms with van der Waals surface area (Å²) in [5, 5.41) is 0. The fourth-order valence-corrected chi connectivity index (χ4v) is 2.07. The zero-order valence-corrected chi connectivity index (χ0v) is 12.3. The average Bonchev–Trinajstić information content (AvgIpc) is 2.25. The molecule has 1 heterocycles. The number of hydrogen-bond acceptors (Lipinski definition) is 3. The summed E-state index contributed by atoms with van der Waals surface area (Å²) in [5.41, 5.74) is 8.03. The van der Waals surface area contributed by atoms with Gasteiger partial charge in [-0.05, 0) is 24.0 Å². The lowest BCUT2D eigenvalue weighted by atomic mass is 10.1. The second-order valence-electron chi connectivity index (χ2n) is 5.22. The van der Waals surface area contributed by atoms with Crippen LogP contribution in [0.1, 0.15) is 31.4 Å². The molecule has 1 aromatic rings. The molecular weight excluding hydrogens is 242 g/mol. The first-order chi connectivity index (χ1) is 8.47. The van der Waals surface area contributed by atoms with Crippen LogP contribution in [0.5, 0.6) is 0 Å². The number of nitrogens with two attached hydrogens (primary N) is 1. The van der Waals surface area contributed by atoms with Gasteiger partial charge in [-0.2, -0.15) is 0 Å². The minimum Gasteiger partial charge on any atom is -0.393 e. The van der Waals surface area contributed by atoms with Gasteiger partial charge >= 0.3 is 0 Å². The molecule has 0 aromatic carbocycles. The predicted molar refractivity (Wildman–Crippen MR) is 80.5 cm³/mol. The maximum atomic E-state index is 5.58. The predicted octanol–water partition coefficient (Wildman–Crippen LogP) is 2.52. The van der Waals surface area contributed by atoms with Crippen molar-refractivity contribution in [2.24, 2.45) is 11.7 Å². The molecule has 0 saturated heterocycles. The summed E-state index contributed by atoms with van der Waals surface area (Å²) in [6.07, 6.45) is 4.59. The van der Waals surface area contributed by atoms with Gasteiger partial charge in [0.05, 0.1) is 4.99 Å². The summed E-state index contributed by atoms with van der Waals surface area (Å²) in [6.45, 7) is 9.40. The molecule has 100 valence electrons. The van der Waals surface area contributed by atoms with E-state index in [9.17, 15) is 0 Å². The molecule has 0 bridgehead atoms. The van der Waals surface area contributed by atoms with E-state index in [-0.39, 0.29) is 0 Å². The van der Waals surface area contributed by atoms with Gasteiger partial charge in [-0.3, -0.25) is 9.88 Å². The molecule has 0 fully saturated rings. The summed E-state index contributed by atoms with van der Waals surface area (Å²) in [4.78, 5) is 7.21. The van der Waals surface area contributed by atoms with Crippen LogP contribution < -0.4 is 5.73 Å². The third-order valence-corrected chi connectivity index (χ3v) is 2.84. The van der Waals surface area contributed by atoms with Crippen LogP contribution >= 0.6 is 12.2 Å². The molecule has 0 unspecified atom stereocenters. The van der Waals surface area contributed by atoms with Crippen LogP contribution in [-0.4, -0.2) is 28.0 Å². The Hall–Kier alpha value is -1.00. The molecule has 0 spiro atoms. The van der Waals surface area contributed by atoms with Crippen molar-refractivity contribution in [3.63, 3.8) is 0 Å². The van der Waals surface area contributed by atoms with Gasteiger partial charge in [0.25, 0.3) is 0 Å². The Morgan fingerprint density at radius 1 is 1.44 bits per heavy atom. The highest BCUT2D eigenvalue weighted by Gasteiger charge is 2.09. The van der Waals surface area contributed by atoms with Crippen molar-refractivity contribution >= 4 is 17.2 Å². The molecule has 2 N–H and O–H groups in total. The Morgan fingerprint density at radius 2 is 2.17 bits per heavy atom. The summed E-state index contributed by atoms with van der Waals surface area (Å²) in [5.74, 6) is 0.633. The summed E-state index contributed by atoms with van der Waals surface area (Å²) >= 11 is 4.95. The SMILES string of the molecule is Cc1cncc(CN(CCC(N)=S)CC(C)C)c1. The molecule has 0 aliphatic carbocycles. The van der Waals surface area contributed by atoms with E-state index in [2.05, 4.69) is 36.7 Å². The summed E-state index contributed by atoms with van der Waals surface area (Å²) < 4.78 is 0. The maximum Gasteiger partial charge on any atom is 0.0740 e. The number of pyridine rings is 1. The Balaban J connectivity index is 2.62. The van der Waals surface area contributed by atoms with Crippen LogP contribution in [-0.2, 0) is 6.54 Å². The molecule has 0 aliphatic heterocycles. The summed E-state index contributed by atoms with van der Waals surface area (Å²) in [6, 6.07) is 2.18. The molecule has 1 aromatic heterocycles. The lowest BCUT2D eigenvalue weighted by Crippen LogP contribution is -2.30. The van der Waals surface area contributed by atoms with Gasteiger partial charge in [-0.25, -0.2) is 0 Å². The van der Waals surface area contributed by atoms with Gasteiger partial charge in [-0.1, -0.05) is 32.1 Å². The van der Waals surface area contributed by atoms with Gasteiger partial charge in [-0.15, -0.1) is 0 Å². The van der Waals surface area contributed by atoms with E-state index in [4.69, 9.17) is 18.0 Å². The molecule has 0 atom stereocenters. The van der Waals surface area contributed by atoms with Crippen molar-refractivity contribution in [3.05, 3.63) is 29.6 Å². The molecular formula is C14H23N3S. The fraction of sp³-hybridized carbons (Fsp3) is 0.571. The number of rotatable bonds is 7. The highest BCUT2D eigenvalue weighted by molar-refractivity contribution is 7.80. The molecule has 0 aliphatic rings. The van der Waals surface area contributed by atoms with Crippen molar-refractivity contribution in [2.75, 3.05) is 13.1 Å². The quantitative estimate of drug-likeness (QED) is 0.769. The van der Waals surface area contributed by atoms with E-state index in [0.29, 0.717) is 10.9 Å². The van der Waals surface area contributed by atoms with E-state index in [1.54, 1.807) is 0 Å². The van der Waals surface area contributed by atoms with Gasteiger partial charge in [0.2, 0.25) is 0 Å².